The lowest BCUT2D eigenvalue weighted by atomic mass is 10.0. The molecular weight excluding hydrogens is 458 g/mol. The van der Waals surface area contributed by atoms with Crippen molar-refractivity contribution in [3.63, 3.8) is 0 Å². The number of para-hydroxylation sites is 2. The van der Waals surface area contributed by atoms with Gasteiger partial charge in [-0.25, -0.2) is 0 Å². The zero-order valence-electron chi connectivity index (χ0n) is 20.6. The monoisotopic (exact) mass is 489 g/mol. The number of nitrogens with one attached hydrogen (secondary N) is 1. The average Bonchev–Trinajstić information content (AvgIpc) is 2.90. The average molecular weight is 490 g/mol. The number of Topliss-reactive ketones (excluding diaryl/α,β-unsaturated/α-hetero) is 1. The third kappa shape index (κ3) is 7.98. The number of ketones is 1. The molecule has 3 rings (SSSR count). The van der Waals surface area contributed by atoms with Crippen LogP contribution < -0.4 is 14.8 Å². The molecule has 3 aromatic rings. The largest absolute Gasteiger partial charge is 0.493 e. The minimum absolute atomic E-state index is 0.0569. The summed E-state index contributed by atoms with van der Waals surface area (Å²) in [4.78, 5) is 37.3. The molecule has 1 atom stereocenters. The second-order valence-corrected chi connectivity index (χ2v) is 8.18. The van der Waals surface area contributed by atoms with Gasteiger partial charge in [0.25, 0.3) is 0 Å². The van der Waals surface area contributed by atoms with Gasteiger partial charge < -0.3 is 19.5 Å². The summed E-state index contributed by atoms with van der Waals surface area (Å²) in [6.07, 6.45) is 0.882. The molecule has 3 aromatic carbocycles. The summed E-state index contributed by atoms with van der Waals surface area (Å²) in [5, 5.41) is 2.80. The third-order valence-corrected chi connectivity index (χ3v) is 5.40. The number of carbonyl (C=O) groups excluding carboxylic acids is 3. The van der Waals surface area contributed by atoms with E-state index in [1.807, 2.05) is 37.3 Å². The van der Waals surface area contributed by atoms with E-state index >= 15 is 0 Å². The molecule has 0 heterocycles. The summed E-state index contributed by atoms with van der Waals surface area (Å²) in [5.41, 5.74) is 1.13. The van der Waals surface area contributed by atoms with Gasteiger partial charge in [-0.2, -0.15) is 0 Å². The molecule has 188 valence electrons. The van der Waals surface area contributed by atoms with E-state index in [0.717, 1.165) is 0 Å². The standard InChI is InChI=1S/C29H31NO6/c1-3-10-26(29(33)21-11-5-4-6-12-21)36-28(32)16-9-15-27(31)30-22-17-19-23(20-18-22)35-25-14-8-7-13-24(25)34-2/h4-8,11-14,17-20,26H,3,9-10,15-16H2,1-2H3,(H,30,31). The molecule has 0 spiro atoms. The van der Waals surface area contributed by atoms with Gasteiger partial charge in [-0.05, 0) is 49.2 Å². The third-order valence-electron chi connectivity index (χ3n) is 5.40. The van der Waals surface area contributed by atoms with Crippen LogP contribution in [0, 0.1) is 0 Å². The molecule has 0 saturated carbocycles. The smallest absolute Gasteiger partial charge is 0.306 e. The highest BCUT2D eigenvalue weighted by atomic mass is 16.5. The first-order valence-electron chi connectivity index (χ1n) is 12.0. The molecule has 0 aromatic heterocycles. The second-order valence-electron chi connectivity index (χ2n) is 8.18. The van der Waals surface area contributed by atoms with E-state index < -0.39 is 12.1 Å². The highest BCUT2D eigenvalue weighted by molar-refractivity contribution is 6.00. The van der Waals surface area contributed by atoms with Crippen LogP contribution in [0.4, 0.5) is 5.69 Å². The fourth-order valence-electron chi connectivity index (χ4n) is 3.56. The fourth-order valence-corrected chi connectivity index (χ4v) is 3.56. The van der Waals surface area contributed by atoms with E-state index in [-0.39, 0.29) is 24.5 Å². The molecular formula is C29H31NO6. The van der Waals surface area contributed by atoms with Crippen LogP contribution in [-0.2, 0) is 14.3 Å². The Labute approximate surface area is 211 Å². The zero-order valence-corrected chi connectivity index (χ0v) is 20.6. The lowest BCUT2D eigenvalue weighted by molar-refractivity contribution is -0.147. The molecule has 0 aliphatic carbocycles. The summed E-state index contributed by atoms with van der Waals surface area (Å²) in [6.45, 7) is 1.93. The second kappa shape index (κ2) is 13.7. The quantitative estimate of drug-likeness (QED) is 0.227. The number of carbonyl (C=O) groups is 3. The molecule has 1 N–H and O–H groups in total. The Morgan fingerprint density at radius 1 is 0.833 bits per heavy atom. The zero-order chi connectivity index (χ0) is 25.8. The van der Waals surface area contributed by atoms with Crippen molar-refractivity contribution in [2.24, 2.45) is 0 Å². The molecule has 0 aliphatic heterocycles. The molecule has 0 saturated heterocycles. The van der Waals surface area contributed by atoms with E-state index in [1.54, 1.807) is 55.6 Å². The van der Waals surface area contributed by atoms with Crippen molar-refractivity contribution in [1.29, 1.82) is 0 Å². The minimum Gasteiger partial charge on any atom is -0.493 e. The van der Waals surface area contributed by atoms with Crippen LogP contribution in [0.5, 0.6) is 17.2 Å². The van der Waals surface area contributed by atoms with E-state index in [1.165, 1.54) is 0 Å². The highest BCUT2D eigenvalue weighted by Crippen LogP contribution is 2.31. The predicted octanol–water partition coefficient (Wildman–Crippen LogP) is 6.19. The van der Waals surface area contributed by atoms with Crippen molar-refractivity contribution < 1.29 is 28.6 Å². The van der Waals surface area contributed by atoms with Crippen molar-refractivity contribution in [3.05, 3.63) is 84.4 Å². The van der Waals surface area contributed by atoms with Gasteiger partial charge in [-0.15, -0.1) is 0 Å². The summed E-state index contributed by atoms with van der Waals surface area (Å²) in [6, 6.07) is 23.1. The maximum absolute atomic E-state index is 12.7. The predicted molar refractivity (Wildman–Crippen MR) is 138 cm³/mol. The number of rotatable bonds is 13. The molecule has 7 heteroatoms. The van der Waals surface area contributed by atoms with Crippen molar-refractivity contribution >= 4 is 23.3 Å². The number of hydrogen-bond donors (Lipinski definition) is 1. The minimum atomic E-state index is -0.810. The van der Waals surface area contributed by atoms with Gasteiger partial charge in [0.1, 0.15) is 5.75 Å². The molecule has 1 amide bonds. The normalized spacial score (nSPS) is 11.3. The molecule has 0 bridgehead atoms. The summed E-state index contributed by atoms with van der Waals surface area (Å²) >= 11 is 0. The maximum Gasteiger partial charge on any atom is 0.306 e. The lowest BCUT2D eigenvalue weighted by Crippen LogP contribution is -2.27. The van der Waals surface area contributed by atoms with E-state index in [0.29, 0.717) is 47.8 Å². The Bertz CT molecular complexity index is 1140. The highest BCUT2D eigenvalue weighted by Gasteiger charge is 2.23. The Hall–Kier alpha value is -4.13. The molecule has 1 unspecified atom stereocenters. The van der Waals surface area contributed by atoms with E-state index in [9.17, 15) is 14.4 Å². The number of ether oxygens (including phenoxy) is 3. The van der Waals surface area contributed by atoms with Crippen LogP contribution in [0.2, 0.25) is 0 Å². The number of anilines is 1. The van der Waals surface area contributed by atoms with Crippen molar-refractivity contribution in [3.8, 4) is 17.2 Å². The van der Waals surface area contributed by atoms with Gasteiger partial charge in [0.2, 0.25) is 11.7 Å². The van der Waals surface area contributed by atoms with Crippen LogP contribution in [0.15, 0.2) is 78.9 Å². The number of esters is 1. The first-order valence-corrected chi connectivity index (χ1v) is 12.0. The molecule has 0 fully saturated rings. The van der Waals surface area contributed by atoms with Gasteiger partial charge >= 0.3 is 5.97 Å². The number of amides is 1. The number of benzene rings is 3. The van der Waals surface area contributed by atoms with E-state index in [2.05, 4.69) is 5.32 Å². The fraction of sp³-hybridized carbons (Fsp3) is 0.276. The van der Waals surface area contributed by atoms with Crippen LogP contribution in [0.3, 0.4) is 0 Å². The Morgan fingerprint density at radius 2 is 1.50 bits per heavy atom. The van der Waals surface area contributed by atoms with Crippen LogP contribution in [0.1, 0.15) is 49.4 Å². The van der Waals surface area contributed by atoms with Gasteiger partial charge in [0.15, 0.2) is 17.6 Å². The molecule has 0 aliphatic rings. The van der Waals surface area contributed by atoms with Crippen LogP contribution in [-0.4, -0.2) is 30.9 Å². The topological polar surface area (TPSA) is 90.9 Å². The van der Waals surface area contributed by atoms with Gasteiger partial charge in [0, 0.05) is 24.1 Å². The van der Waals surface area contributed by atoms with Crippen LogP contribution >= 0.6 is 0 Å². The van der Waals surface area contributed by atoms with E-state index in [4.69, 9.17) is 14.2 Å². The maximum atomic E-state index is 12.7. The summed E-state index contributed by atoms with van der Waals surface area (Å²) in [5.74, 6) is 0.915. The van der Waals surface area contributed by atoms with Crippen molar-refractivity contribution in [2.75, 3.05) is 12.4 Å². The SMILES string of the molecule is CCCC(OC(=O)CCCC(=O)Nc1ccc(Oc2ccccc2OC)cc1)C(=O)c1ccccc1. The molecule has 0 radical (unpaired) electrons. The first-order chi connectivity index (χ1) is 17.5. The summed E-state index contributed by atoms with van der Waals surface area (Å²) < 4.78 is 16.6. The number of hydrogen-bond acceptors (Lipinski definition) is 6. The molecule has 7 nitrogen and oxygen atoms in total. The Morgan fingerprint density at radius 3 is 2.17 bits per heavy atom. The van der Waals surface area contributed by atoms with Gasteiger partial charge in [-0.1, -0.05) is 55.8 Å². The first kappa shape index (κ1) is 26.5. The van der Waals surface area contributed by atoms with Gasteiger partial charge in [0.05, 0.1) is 7.11 Å². The van der Waals surface area contributed by atoms with Crippen LogP contribution in [0.25, 0.3) is 0 Å². The van der Waals surface area contributed by atoms with Crippen molar-refractivity contribution in [1.82, 2.24) is 0 Å². The van der Waals surface area contributed by atoms with Gasteiger partial charge in [-0.3, -0.25) is 14.4 Å². The summed E-state index contributed by atoms with van der Waals surface area (Å²) in [7, 11) is 1.58. The Kier molecular flexibility index (Phi) is 10.1. The number of methoxy groups -OCH3 is 1. The van der Waals surface area contributed by atoms with Crippen molar-refractivity contribution in [2.45, 2.75) is 45.1 Å². The molecule has 36 heavy (non-hydrogen) atoms. The lowest BCUT2D eigenvalue weighted by Gasteiger charge is -2.16. The Balaban J connectivity index is 1.43.